The first kappa shape index (κ1) is 18.7. The number of alkyl halides is 3. The monoisotopic (exact) mass is 367 g/mol. The maximum absolute atomic E-state index is 12.6. The summed E-state index contributed by atoms with van der Waals surface area (Å²) in [6.07, 6.45) is -6.93. The maximum Gasteiger partial charge on any atom is 0.416 e. The molecule has 0 saturated heterocycles. The molecule has 1 aliphatic rings. The number of rotatable bonds is 4. The molecule has 24 heavy (non-hydrogen) atoms. The van der Waals surface area contributed by atoms with Crippen molar-refractivity contribution in [3.05, 3.63) is 22.7 Å². The summed E-state index contributed by atoms with van der Waals surface area (Å²) in [5, 5.41) is 11.6. The Labute approximate surface area is 141 Å². The molecule has 1 aliphatic heterocycles. The fraction of sp³-hybridized carbons (Fsp3) is 0.533. The Balaban J connectivity index is 2.20. The van der Waals surface area contributed by atoms with Gasteiger partial charge in [-0.05, 0) is 18.6 Å². The standard InChI is InChI=1S/C15H17ClF3NO4/c1-2-10(13(21)15(17,18)19)20-14(22)8-6-9(16)12-11(7-8)23-4-3-5-24-12/h6-7,10,13,21H,2-5H2,1H3,(H,20,22). The molecule has 0 aliphatic carbocycles. The summed E-state index contributed by atoms with van der Waals surface area (Å²) in [6, 6.07) is 1.18. The summed E-state index contributed by atoms with van der Waals surface area (Å²) in [5.74, 6) is -0.231. The minimum Gasteiger partial charge on any atom is -0.489 e. The predicted octanol–water partition coefficient (Wildman–Crippen LogP) is 2.93. The summed E-state index contributed by atoms with van der Waals surface area (Å²) >= 11 is 6.06. The second kappa shape index (κ2) is 7.48. The minimum absolute atomic E-state index is 0.0251. The molecule has 0 spiro atoms. The van der Waals surface area contributed by atoms with E-state index in [9.17, 15) is 23.1 Å². The van der Waals surface area contributed by atoms with E-state index in [-0.39, 0.29) is 22.8 Å². The number of aliphatic hydroxyl groups is 1. The van der Waals surface area contributed by atoms with E-state index in [1.807, 2.05) is 0 Å². The van der Waals surface area contributed by atoms with Crippen LogP contribution in [-0.4, -0.2) is 42.5 Å². The van der Waals surface area contributed by atoms with Crippen molar-refractivity contribution in [1.82, 2.24) is 5.32 Å². The SMILES string of the molecule is CCC(NC(=O)c1cc(Cl)c2c(c1)OCCCO2)C(O)C(F)(F)F. The van der Waals surface area contributed by atoms with Gasteiger partial charge in [-0.3, -0.25) is 4.79 Å². The second-order valence-electron chi connectivity index (χ2n) is 5.31. The fourth-order valence-electron chi connectivity index (χ4n) is 2.25. The van der Waals surface area contributed by atoms with Crippen molar-refractivity contribution < 1.29 is 32.5 Å². The molecule has 1 aromatic carbocycles. The number of halogens is 4. The van der Waals surface area contributed by atoms with Crippen molar-refractivity contribution >= 4 is 17.5 Å². The summed E-state index contributed by atoms with van der Waals surface area (Å²) < 4.78 is 48.7. The van der Waals surface area contributed by atoms with Crippen LogP contribution >= 0.6 is 11.6 Å². The predicted molar refractivity (Wildman–Crippen MR) is 80.7 cm³/mol. The smallest absolute Gasteiger partial charge is 0.416 e. The van der Waals surface area contributed by atoms with Gasteiger partial charge in [0, 0.05) is 12.0 Å². The average molecular weight is 368 g/mol. The van der Waals surface area contributed by atoms with Crippen LogP contribution in [0.15, 0.2) is 12.1 Å². The van der Waals surface area contributed by atoms with Gasteiger partial charge in [-0.2, -0.15) is 13.2 Å². The van der Waals surface area contributed by atoms with E-state index in [0.29, 0.717) is 25.4 Å². The highest BCUT2D eigenvalue weighted by Gasteiger charge is 2.43. The number of benzene rings is 1. The van der Waals surface area contributed by atoms with Crippen molar-refractivity contribution in [2.75, 3.05) is 13.2 Å². The van der Waals surface area contributed by atoms with Gasteiger partial charge >= 0.3 is 6.18 Å². The van der Waals surface area contributed by atoms with E-state index in [0.717, 1.165) is 0 Å². The van der Waals surface area contributed by atoms with E-state index in [4.69, 9.17) is 21.1 Å². The largest absolute Gasteiger partial charge is 0.489 e. The molecule has 0 radical (unpaired) electrons. The van der Waals surface area contributed by atoms with Crippen LogP contribution in [0.2, 0.25) is 5.02 Å². The van der Waals surface area contributed by atoms with Crippen LogP contribution < -0.4 is 14.8 Å². The molecule has 1 amide bonds. The van der Waals surface area contributed by atoms with Crippen molar-refractivity contribution in [1.29, 1.82) is 0 Å². The zero-order valence-corrected chi connectivity index (χ0v) is 13.6. The lowest BCUT2D eigenvalue weighted by Gasteiger charge is -2.25. The van der Waals surface area contributed by atoms with Crippen molar-refractivity contribution in [3.63, 3.8) is 0 Å². The third kappa shape index (κ3) is 4.24. The first-order valence-corrected chi connectivity index (χ1v) is 7.76. The Bertz CT molecular complexity index is 609. The first-order chi connectivity index (χ1) is 11.2. The number of carbonyl (C=O) groups excluding carboxylic acids is 1. The topological polar surface area (TPSA) is 67.8 Å². The van der Waals surface area contributed by atoms with E-state index in [2.05, 4.69) is 5.32 Å². The minimum atomic E-state index is -4.82. The molecule has 5 nitrogen and oxygen atoms in total. The lowest BCUT2D eigenvalue weighted by atomic mass is 10.1. The number of hydrogen-bond donors (Lipinski definition) is 2. The summed E-state index contributed by atoms with van der Waals surface area (Å²) in [6.45, 7) is 2.22. The Kier molecular flexibility index (Phi) is 5.82. The van der Waals surface area contributed by atoms with Gasteiger partial charge in [0.15, 0.2) is 17.6 Å². The van der Waals surface area contributed by atoms with E-state index < -0.39 is 24.2 Å². The molecule has 2 atom stereocenters. The number of hydrogen-bond acceptors (Lipinski definition) is 4. The highest BCUT2D eigenvalue weighted by atomic mass is 35.5. The van der Waals surface area contributed by atoms with Crippen LogP contribution in [0.25, 0.3) is 0 Å². The number of fused-ring (bicyclic) bond motifs is 1. The molecule has 0 aromatic heterocycles. The Morgan fingerprint density at radius 3 is 2.67 bits per heavy atom. The lowest BCUT2D eigenvalue weighted by molar-refractivity contribution is -0.211. The van der Waals surface area contributed by atoms with Gasteiger partial charge in [0.05, 0.1) is 24.3 Å². The highest BCUT2D eigenvalue weighted by molar-refractivity contribution is 6.32. The van der Waals surface area contributed by atoms with Crippen LogP contribution in [0.4, 0.5) is 13.2 Å². The third-order valence-electron chi connectivity index (χ3n) is 3.54. The van der Waals surface area contributed by atoms with Crippen molar-refractivity contribution in [3.8, 4) is 11.5 Å². The van der Waals surface area contributed by atoms with Gasteiger partial charge in [0.25, 0.3) is 5.91 Å². The van der Waals surface area contributed by atoms with Crippen molar-refractivity contribution in [2.45, 2.75) is 38.1 Å². The van der Waals surface area contributed by atoms with Gasteiger partial charge in [-0.15, -0.1) is 0 Å². The number of nitrogens with one attached hydrogen (secondary N) is 1. The molecule has 2 rings (SSSR count). The summed E-state index contributed by atoms with van der Waals surface area (Å²) in [7, 11) is 0. The molecule has 134 valence electrons. The van der Waals surface area contributed by atoms with Gasteiger partial charge in [0.1, 0.15) is 0 Å². The third-order valence-corrected chi connectivity index (χ3v) is 3.82. The lowest BCUT2D eigenvalue weighted by Crippen LogP contribution is -2.49. The molecule has 0 bridgehead atoms. The number of ether oxygens (including phenoxy) is 2. The highest BCUT2D eigenvalue weighted by Crippen LogP contribution is 2.38. The number of carbonyl (C=O) groups is 1. The molecule has 1 aromatic rings. The zero-order valence-electron chi connectivity index (χ0n) is 12.8. The normalized spacial score (nSPS) is 16.9. The Morgan fingerprint density at radius 2 is 2.04 bits per heavy atom. The van der Waals surface area contributed by atoms with Gasteiger partial charge in [-0.25, -0.2) is 0 Å². The Morgan fingerprint density at radius 1 is 1.38 bits per heavy atom. The number of aliphatic hydroxyl groups excluding tert-OH is 1. The molecule has 2 N–H and O–H groups in total. The van der Waals surface area contributed by atoms with Crippen LogP contribution in [-0.2, 0) is 0 Å². The number of amides is 1. The fourth-order valence-corrected chi connectivity index (χ4v) is 2.51. The second-order valence-corrected chi connectivity index (χ2v) is 5.72. The van der Waals surface area contributed by atoms with Gasteiger partial charge in [0.2, 0.25) is 0 Å². The molecule has 0 fully saturated rings. The maximum atomic E-state index is 12.6. The summed E-state index contributed by atoms with van der Waals surface area (Å²) in [5.41, 5.74) is 0.0251. The quantitative estimate of drug-likeness (QED) is 0.858. The van der Waals surface area contributed by atoms with Crippen molar-refractivity contribution in [2.24, 2.45) is 0 Å². The van der Waals surface area contributed by atoms with E-state index >= 15 is 0 Å². The molecule has 2 unspecified atom stereocenters. The van der Waals surface area contributed by atoms with E-state index in [1.165, 1.54) is 19.1 Å². The molecule has 9 heteroatoms. The van der Waals surface area contributed by atoms with Crippen LogP contribution in [0.3, 0.4) is 0 Å². The van der Waals surface area contributed by atoms with Gasteiger partial charge < -0.3 is 19.9 Å². The zero-order chi connectivity index (χ0) is 17.9. The molecule has 1 heterocycles. The van der Waals surface area contributed by atoms with Crippen LogP contribution in [0.5, 0.6) is 11.5 Å². The van der Waals surface area contributed by atoms with Gasteiger partial charge in [-0.1, -0.05) is 18.5 Å². The average Bonchev–Trinajstić information content (AvgIpc) is 2.76. The first-order valence-electron chi connectivity index (χ1n) is 7.38. The Hall–Kier alpha value is -1.67. The van der Waals surface area contributed by atoms with E-state index in [1.54, 1.807) is 0 Å². The summed E-state index contributed by atoms with van der Waals surface area (Å²) in [4.78, 5) is 12.2. The molecule has 0 saturated carbocycles. The van der Waals surface area contributed by atoms with Crippen LogP contribution in [0, 0.1) is 0 Å². The molecular weight excluding hydrogens is 351 g/mol. The molecular formula is C15H17ClF3NO4. The van der Waals surface area contributed by atoms with Crippen LogP contribution in [0.1, 0.15) is 30.1 Å².